The summed E-state index contributed by atoms with van der Waals surface area (Å²) in [6.07, 6.45) is 1.42. The summed E-state index contributed by atoms with van der Waals surface area (Å²) in [5.74, 6) is -0.959. The SMILES string of the molecule is CCCN(Cc1ccc(Oc2ccccc2)cc1)C(=O)[C@H]1[C@@H](C(=O)OC)[C@H](N)[C@@H]1C(=O)N(CCC)Cc1ccc(Oc2ccccc2)cc1. The molecule has 1 aliphatic carbocycles. The summed E-state index contributed by atoms with van der Waals surface area (Å²) in [7, 11) is 1.28. The number of nitrogens with zero attached hydrogens (tertiary/aromatic N) is 2. The fourth-order valence-corrected chi connectivity index (χ4v) is 6.36. The van der Waals surface area contributed by atoms with Crippen LogP contribution in [0.4, 0.5) is 0 Å². The van der Waals surface area contributed by atoms with Gasteiger partial charge in [0.05, 0.1) is 24.9 Å². The molecule has 1 saturated carbocycles. The molecule has 1 fully saturated rings. The Morgan fingerprint density at radius 2 is 0.959 bits per heavy atom. The lowest BCUT2D eigenvalue weighted by atomic mass is 9.59. The van der Waals surface area contributed by atoms with Crippen LogP contribution in [0, 0.1) is 17.8 Å². The van der Waals surface area contributed by atoms with Crippen molar-refractivity contribution in [2.75, 3.05) is 20.2 Å². The first-order chi connectivity index (χ1) is 23.8. The lowest BCUT2D eigenvalue weighted by Crippen LogP contribution is -2.68. The van der Waals surface area contributed by atoms with Crippen LogP contribution in [0.2, 0.25) is 0 Å². The van der Waals surface area contributed by atoms with Gasteiger partial charge < -0.3 is 29.7 Å². The van der Waals surface area contributed by atoms with Gasteiger partial charge in [0.25, 0.3) is 0 Å². The molecule has 0 heterocycles. The summed E-state index contributed by atoms with van der Waals surface area (Å²) in [5, 5.41) is 0. The Balaban J connectivity index is 1.31. The number of esters is 1. The van der Waals surface area contributed by atoms with Gasteiger partial charge in [-0.05, 0) is 72.5 Å². The molecule has 4 aromatic rings. The Morgan fingerprint density at radius 3 is 1.35 bits per heavy atom. The van der Waals surface area contributed by atoms with Crippen LogP contribution in [0.5, 0.6) is 23.0 Å². The summed E-state index contributed by atoms with van der Waals surface area (Å²) < 4.78 is 16.9. The molecule has 2 N–H and O–H groups in total. The number of nitrogens with two attached hydrogens (primary N) is 1. The fraction of sp³-hybridized carbons (Fsp3) is 0.325. The minimum absolute atomic E-state index is 0.240. The number of ether oxygens (including phenoxy) is 3. The first-order valence-electron chi connectivity index (χ1n) is 16.9. The van der Waals surface area contributed by atoms with E-state index in [0.717, 1.165) is 22.6 Å². The van der Waals surface area contributed by atoms with Crippen LogP contribution in [0.25, 0.3) is 0 Å². The molecule has 0 saturated heterocycles. The molecule has 4 atom stereocenters. The molecule has 0 unspecified atom stereocenters. The number of hydrogen-bond acceptors (Lipinski definition) is 7. The molecule has 4 aromatic carbocycles. The lowest BCUT2D eigenvalue weighted by Gasteiger charge is -2.49. The van der Waals surface area contributed by atoms with Crippen molar-refractivity contribution in [3.63, 3.8) is 0 Å². The highest BCUT2D eigenvalue weighted by Gasteiger charge is 2.60. The van der Waals surface area contributed by atoms with Crippen molar-refractivity contribution >= 4 is 17.8 Å². The number of hydrogen-bond donors (Lipinski definition) is 1. The van der Waals surface area contributed by atoms with Gasteiger partial charge in [-0.1, -0.05) is 74.5 Å². The van der Waals surface area contributed by atoms with E-state index in [4.69, 9.17) is 19.9 Å². The van der Waals surface area contributed by atoms with Crippen molar-refractivity contribution in [2.24, 2.45) is 23.5 Å². The highest BCUT2D eigenvalue weighted by atomic mass is 16.5. The normalized spacial score (nSPS) is 18.1. The number of carbonyl (C=O) groups excluding carboxylic acids is 3. The van der Waals surface area contributed by atoms with E-state index in [0.29, 0.717) is 50.5 Å². The zero-order valence-electron chi connectivity index (χ0n) is 28.4. The summed E-state index contributed by atoms with van der Waals surface area (Å²) in [4.78, 5) is 44.9. The van der Waals surface area contributed by atoms with E-state index in [1.54, 1.807) is 9.80 Å². The molecule has 0 spiro atoms. The first-order valence-corrected chi connectivity index (χ1v) is 16.9. The smallest absolute Gasteiger partial charge is 0.311 e. The molecule has 9 nitrogen and oxygen atoms in total. The highest BCUT2D eigenvalue weighted by Crippen LogP contribution is 2.43. The van der Waals surface area contributed by atoms with Gasteiger partial charge in [-0.3, -0.25) is 14.4 Å². The van der Waals surface area contributed by atoms with Gasteiger partial charge in [-0.15, -0.1) is 0 Å². The van der Waals surface area contributed by atoms with Gasteiger partial charge in [-0.2, -0.15) is 0 Å². The van der Waals surface area contributed by atoms with Gasteiger partial charge in [0.1, 0.15) is 23.0 Å². The van der Waals surface area contributed by atoms with Gasteiger partial charge >= 0.3 is 5.97 Å². The molecule has 0 radical (unpaired) electrons. The van der Waals surface area contributed by atoms with Crippen LogP contribution in [0.15, 0.2) is 109 Å². The molecule has 9 heteroatoms. The van der Waals surface area contributed by atoms with E-state index in [-0.39, 0.29) is 11.8 Å². The zero-order valence-corrected chi connectivity index (χ0v) is 28.4. The van der Waals surface area contributed by atoms with Gasteiger partial charge in [-0.25, -0.2) is 0 Å². The van der Waals surface area contributed by atoms with Crippen LogP contribution in [-0.4, -0.2) is 53.8 Å². The van der Waals surface area contributed by atoms with Crippen molar-refractivity contribution < 1.29 is 28.6 Å². The Labute approximate surface area is 288 Å². The van der Waals surface area contributed by atoms with Crippen molar-refractivity contribution in [1.29, 1.82) is 0 Å². The average molecular weight is 664 g/mol. The molecule has 1 aliphatic rings. The number of rotatable bonds is 15. The van der Waals surface area contributed by atoms with Crippen molar-refractivity contribution in [3.8, 4) is 23.0 Å². The Hall–Kier alpha value is -5.15. The Morgan fingerprint density at radius 1 is 0.571 bits per heavy atom. The van der Waals surface area contributed by atoms with E-state index in [1.807, 2.05) is 123 Å². The minimum atomic E-state index is -0.928. The second-order valence-corrected chi connectivity index (χ2v) is 12.3. The number of methoxy groups -OCH3 is 1. The molecule has 0 bridgehead atoms. The quantitative estimate of drug-likeness (QED) is 0.139. The summed E-state index contributed by atoms with van der Waals surface area (Å²) >= 11 is 0. The minimum Gasteiger partial charge on any atom is -0.469 e. The highest BCUT2D eigenvalue weighted by molar-refractivity contribution is 5.96. The number of benzene rings is 4. The first kappa shape index (κ1) is 35.2. The van der Waals surface area contributed by atoms with Gasteiger partial charge in [0.2, 0.25) is 11.8 Å². The molecule has 5 rings (SSSR count). The summed E-state index contributed by atoms with van der Waals surface area (Å²) in [5.41, 5.74) is 8.36. The number of para-hydroxylation sites is 2. The topological polar surface area (TPSA) is 111 Å². The van der Waals surface area contributed by atoms with Gasteiger partial charge in [0.15, 0.2) is 0 Å². The standard InChI is InChI=1S/C40H45N3O6/c1-4-24-42(26-28-16-20-32(21-17-28)48-30-12-8-6-9-13-30)38(44)34-35(37(41)36(34)40(46)47-3)39(45)43(25-5-2)27-29-18-22-33(23-19-29)49-31-14-10-7-11-15-31/h6-23,34-37H,4-5,24-27,41H2,1-3H3/t34-,35-,36-,37-/m1/s1. The summed E-state index contributed by atoms with van der Waals surface area (Å²) in [6.45, 7) is 5.57. The lowest BCUT2D eigenvalue weighted by molar-refractivity contribution is -0.173. The van der Waals surface area contributed by atoms with Crippen molar-refractivity contribution in [3.05, 3.63) is 120 Å². The van der Waals surface area contributed by atoms with E-state index in [1.165, 1.54) is 7.11 Å². The van der Waals surface area contributed by atoms with Crippen molar-refractivity contribution in [2.45, 2.75) is 45.8 Å². The Kier molecular flexibility index (Phi) is 12.1. The van der Waals surface area contributed by atoms with Crippen LogP contribution < -0.4 is 15.2 Å². The molecule has 0 aromatic heterocycles. The van der Waals surface area contributed by atoms with Crippen LogP contribution >= 0.6 is 0 Å². The fourth-order valence-electron chi connectivity index (χ4n) is 6.36. The zero-order chi connectivity index (χ0) is 34.8. The maximum atomic E-state index is 14.3. The number of amides is 2. The van der Waals surface area contributed by atoms with E-state index < -0.39 is 29.8 Å². The second kappa shape index (κ2) is 16.8. The third-order valence-electron chi connectivity index (χ3n) is 8.81. The van der Waals surface area contributed by atoms with Crippen LogP contribution in [0.3, 0.4) is 0 Å². The predicted octanol–water partition coefficient (Wildman–Crippen LogP) is 6.81. The van der Waals surface area contributed by atoms with Crippen LogP contribution in [0.1, 0.15) is 37.8 Å². The number of carbonyl (C=O) groups is 3. The molecule has 0 aliphatic heterocycles. The molecule has 256 valence electrons. The monoisotopic (exact) mass is 663 g/mol. The maximum Gasteiger partial charge on any atom is 0.311 e. The third-order valence-corrected chi connectivity index (χ3v) is 8.81. The molecular formula is C40H45N3O6. The molecule has 49 heavy (non-hydrogen) atoms. The van der Waals surface area contributed by atoms with Gasteiger partial charge in [0, 0.05) is 32.2 Å². The third kappa shape index (κ3) is 8.66. The van der Waals surface area contributed by atoms with E-state index in [2.05, 4.69) is 0 Å². The van der Waals surface area contributed by atoms with Crippen molar-refractivity contribution in [1.82, 2.24) is 9.80 Å². The second-order valence-electron chi connectivity index (χ2n) is 12.3. The maximum absolute atomic E-state index is 14.3. The largest absolute Gasteiger partial charge is 0.469 e. The summed E-state index contributed by atoms with van der Waals surface area (Å²) in [6, 6.07) is 33.3. The molecular weight excluding hydrogens is 618 g/mol. The van der Waals surface area contributed by atoms with E-state index in [9.17, 15) is 14.4 Å². The van der Waals surface area contributed by atoms with Crippen LogP contribution in [-0.2, 0) is 32.2 Å². The predicted molar refractivity (Wildman–Crippen MR) is 188 cm³/mol. The van der Waals surface area contributed by atoms with E-state index >= 15 is 0 Å². The average Bonchev–Trinajstić information content (AvgIpc) is 3.12. The Bertz CT molecular complexity index is 1660. The molecule has 2 amide bonds.